The Hall–Kier alpha value is -0.950. The molecule has 1 unspecified atom stereocenters. The number of hydrogen-bond donors (Lipinski definition) is 1. The second-order valence-electron chi connectivity index (χ2n) is 4.28. The average molecular weight is 342 g/mol. The van der Waals surface area contributed by atoms with Crippen LogP contribution in [0.1, 0.15) is 13.8 Å². The zero-order valence-corrected chi connectivity index (χ0v) is 12.1. The van der Waals surface area contributed by atoms with Gasteiger partial charge in [-0.25, -0.2) is 0 Å². The van der Waals surface area contributed by atoms with Crippen molar-refractivity contribution in [1.82, 2.24) is 0 Å². The maximum Gasteiger partial charge on any atom is 0.573 e. The fourth-order valence-electron chi connectivity index (χ4n) is 1.39. The van der Waals surface area contributed by atoms with Gasteiger partial charge >= 0.3 is 6.36 Å². The minimum Gasteiger partial charge on any atom is -0.489 e. The summed E-state index contributed by atoms with van der Waals surface area (Å²) in [7, 11) is 0. The van der Waals surface area contributed by atoms with E-state index in [1.54, 1.807) is 0 Å². The number of alkyl halides is 3. The van der Waals surface area contributed by atoms with Crippen molar-refractivity contribution in [2.24, 2.45) is 11.7 Å². The van der Waals surface area contributed by atoms with E-state index in [4.69, 9.17) is 10.5 Å². The zero-order valence-electron chi connectivity index (χ0n) is 10.5. The molecule has 0 aliphatic carbocycles. The largest absolute Gasteiger partial charge is 0.573 e. The summed E-state index contributed by atoms with van der Waals surface area (Å²) in [6, 6.07) is 4.03. The van der Waals surface area contributed by atoms with Gasteiger partial charge in [-0.15, -0.1) is 13.2 Å². The van der Waals surface area contributed by atoms with Gasteiger partial charge in [0, 0.05) is 6.54 Å². The molecule has 3 nitrogen and oxygen atoms in total. The van der Waals surface area contributed by atoms with Gasteiger partial charge in [-0.3, -0.25) is 0 Å². The van der Waals surface area contributed by atoms with Crippen LogP contribution in [-0.2, 0) is 0 Å². The molecule has 0 spiro atoms. The lowest BCUT2D eigenvalue weighted by atomic mass is 10.1. The van der Waals surface area contributed by atoms with E-state index in [0.717, 1.165) is 0 Å². The summed E-state index contributed by atoms with van der Waals surface area (Å²) in [5.74, 6) is 0.328. The minimum absolute atomic E-state index is 0.168. The van der Waals surface area contributed by atoms with Gasteiger partial charge in [-0.1, -0.05) is 13.8 Å². The Kier molecular flexibility index (Phi) is 5.49. The van der Waals surface area contributed by atoms with Crippen LogP contribution >= 0.6 is 15.9 Å². The lowest BCUT2D eigenvalue weighted by molar-refractivity contribution is -0.274. The van der Waals surface area contributed by atoms with Crippen LogP contribution in [0.15, 0.2) is 22.7 Å². The Labute approximate surface area is 118 Å². The normalized spacial score (nSPS) is 13.5. The summed E-state index contributed by atoms with van der Waals surface area (Å²) in [6.45, 7) is 4.23. The third kappa shape index (κ3) is 5.28. The third-order valence-corrected chi connectivity index (χ3v) is 3.01. The molecule has 1 rings (SSSR count). The van der Waals surface area contributed by atoms with E-state index in [0.29, 0.717) is 12.3 Å². The molecule has 0 aliphatic heterocycles. The summed E-state index contributed by atoms with van der Waals surface area (Å²) < 4.78 is 45.9. The molecular formula is C12H15BrF3NO2. The van der Waals surface area contributed by atoms with E-state index in [2.05, 4.69) is 20.7 Å². The minimum atomic E-state index is -4.72. The standard InChI is InChI=1S/C12H15BrF3NO2/c1-7(2)11(6-17)18-8-3-4-10(9(13)5-8)19-12(14,15)16/h3-5,7,11H,6,17H2,1-2H3. The van der Waals surface area contributed by atoms with E-state index < -0.39 is 6.36 Å². The number of rotatable bonds is 5. The molecular weight excluding hydrogens is 327 g/mol. The molecule has 0 bridgehead atoms. The predicted octanol–water partition coefficient (Wildman–Crippen LogP) is 3.71. The highest BCUT2D eigenvalue weighted by Gasteiger charge is 2.32. The Bertz CT molecular complexity index is 424. The molecule has 0 aromatic heterocycles. The van der Waals surface area contributed by atoms with Crippen LogP contribution < -0.4 is 15.2 Å². The Balaban J connectivity index is 2.82. The highest BCUT2D eigenvalue weighted by Crippen LogP contribution is 2.33. The second-order valence-corrected chi connectivity index (χ2v) is 5.13. The quantitative estimate of drug-likeness (QED) is 0.887. The van der Waals surface area contributed by atoms with Crippen molar-refractivity contribution < 1.29 is 22.6 Å². The molecule has 0 fully saturated rings. The number of benzene rings is 1. The molecule has 0 radical (unpaired) electrons. The topological polar surface area (TPSA) is 44.5 Å². The molecule has 0 aliphatic rings. The molecule has 1 aromatic rings. The van der Waals surface area contributed by atoms with Crippen LogP contribution in [0.4, 0.5) is 13.2 Å². The summed E-state index contributed by atoms with van der Waals surface area (Å²) in [4.78, 5) is 0. The van der Waals surface area contributed by atoms with Crippen molar-refractivity contribution in [3.63, 3.8) is 0 Å². The maximum absolute atomic E-state index is 12.1. The monoisotopic (exact) mass is 341 g/mol. The van der Waals surface area contributed by atoms with Gasteiger partial charge < -0.3 is 15.2 Å². The molecule has 108 valence electrons. The second kappa shape index (κ2) is 6.47. The Morgan fingerprint density at radius 3 is 2.37 bits per heavy atom. The van der Waals surface area contributed by atoms with Crippen LogP contribution in [0.5, 0.6) is 11.5 Å². The molecule has 0 amide bonds. The predicted molar refractivity (Wildman–Crippen MR) is 69.1 cm³/mol. The van der Waals surface area contributed by atoms with Crippen LogP contribution in [0.2, 0.25) is 0 Å². The van der Waals surface area contributed by atoms with Gasteiger partial charge in [0.15, 0.2) is 0 Å². The first-order chi connectivity index (χ1) is 8.73. The fraction of sp³-hybridized carbons (Fsp3) is 0.500. The summed E-state index contributed by atoms with van der Waals surface area (Å²) in [5, 5.41) is 0. The van der Waals surface area contributed by atoms with Crippen LogP contribution in [-0.4, -0.2) is 19.0 Å². The smallest absolute Gasteiger partial charge is 0.489 e. The van der Waals surface area contributed by atoms with Crippen LogP contribution in [0.3, 0.4) is 0 Å². The van der Waals surface area contributed by atoms with Crippen LogP contribution in [0, 0.1) is 5.92 Å². The van der Waals surface area contributed by atoms with E-state index in [-0.39, 0.29) is 22.2 Å². The number of hydrogen-bond acceptors (Lipinski definition) is 3. The summed E-state index contributed by atoms with van der Waals surface area (Å²) in [6.07, 6.45) is -4.91. The zero-order chi connectivity index (χ0) is 14.6. The Morgan fingerprint density at radius 1 is 1.32 bits per heavy atom. The lowest BCUT2D eigenvalue weighted by Gasteiger charge is -2.21. The van der Waals surface area contributed by atoms with Gasteiger partial charge in [0.2, 0.25) is 0 Å². The molecule has 0 saturated carbocycles. The summed E-state index contributed by atoms with van der Waals surface area (Å²) >= 11 is 3.01. The SMILES string of the molecule is CC(C)C(CN)Oc1ccc(OC(F)(F)F)c(Br)c1. The van der Waals surface area contributed by atoms with E-state index in [9.17, 15) is 13.2 Å². The van der Waals surface area contributed by atoms with Crippen molar-refractivity contribution in [3.05, 3.63) is 22.7 Å². The first kappa shape index (κ1) is 16.1. The van der Waals surface area contributed by atoms with Gasteiger partial charge in [-0.05, 0) is 40.0 Å². The van der Waals surface area contributed by atoms with Crippen molar-refractivity contribution in [1.29, 1.82) is 0 Å². The van der Waals surface area contributed by atoms with Crippen molar-refractivity contribution in [2.45, 2.75) is 26.3 Å². The average Bonchev–Trinajstić information content (AvgIpc) is 2.27. The van der Waals surface area contributed by atoms with Gasteiger partial charge in [0.1, 0.15) is 17.6 Å². The van der Waals surface area contributed by atoms with E-state index in [1.807, 2.05) is 13.8 Å². The molecule has 0 heterocycles. The van der Waals surface area contributed by atoms with Gasteiger partial charge in [0.05, 0.1) is 4.47 Å². The van der Waals surface area contributed by atoms with Gasteiger partial charge in [0.25, 0.3) is 0 Å². The first-order valence-electron chi connectivity index (χ1n) is 5.65. The molecule has 0 saturated heterocycles. The molecule has 2 N–H and O–H groups in total. The third-order valence-electron chi connectivity index (χ3n) is 2.39. The van der Waals surface area contributed by atoms with E-state index in [1.165, 1.54) is 18.2 Å². The summed E-state index contributed by atoms with van der Waals surface area (Å²) in [5.41, 5.74) is 5.56. The van der Waals surface area contributed by atoms with Crippen molar-refractivity contribution in [2.75, 3.05) is 6.54 Å². The number of halogens is 4. The van der Waals surface area contributed by atoms with E-state index >= 15 is 0 Å². The fourth-order valence-corrected chi connectivity index (χ4v) is 1.83. The highest BCUT2D eigenvalue weighted by molar-refractivity contribution is 9.10. The molecule has 7 heteroatoms. The molecule has 1 aromatic carbocycles. The number of ether oxygens (including phenoxy) is 2. The molecule has 1 atom stereocenters. The lowest BCUT2D eigenvalue weighted by Crippen LogP contribution is -2.31. The first-order valence-corrected chi connectivity index (χ1v) is 6.44. The molecule has 19 heavy (non-hydrogen) atoms. The van der Waals surface area contributed by atoms with Crippen molar-refractivity contribution >= 4 is 15.9 Å². The van der Waals surface area contributed by atoms with Gasteiger partial charge in [-0.2, -0.15) is 0 Å². The maximum atomic E-state index is 12.1. The highest BCUT2D eigenvalue weighted by atomic mass is 79.9. The Morgan fingerprint density at radius 2 is 1.95 bits per heavy atom. The van der Waals surface area contributed by atoms with Crippen LogP contribution in [0.25, 0.3) is 0 Å². The number of nitrogens with two attached hydrogens (primary N) is 1. The van der Waals surface area contributed by atoms with Crippen molar-refractivity contribution in [3.8, 4) is 11.5 Å².